The minimum atomic E-state index is -4.68. The first-order valence-electron chi connectivity index (χ1n) is 3.78. The van der Waals surface area contributed by atoms with Crippen molar-refractivity contribution in [3.8, 4) is 6.07 Å². The van der Waals surface area contributed by atoms with Gasteiger partial charge < -0.3 is 0 Å². The summed E-state index contributed by atoms with van der Waals surface area (Å²) < 4.78 is 37.7. The molecule has 0 aliphatic carbocycles. The van der Waals surface area contributed by atoms with Crippen LogP contribution in [0.3, 0.4) is 0 Å². The zero-order valence-electron chi connectivity index (χ0n) is 7.40. The molecule has 0 saturated carbocycles. The maximum absolute atomic E-state index is 12.5. The van der Waals surface area contributed by atoms with Gasteiger partial charge in [0.2, 0.25) is 0 Å². The second-order valence-electron chi connectivity index (χ2n) is 2.73. The molecule has 0 N–H and O–H groups in total. The van der Waals surface area contributed by atoms with Gasteiger partial charge in [0.05, 0.1) is 16.7 Å². The minimum absolute atomic E-state index is 0.210. The van der Waals surface area contributed by atoms with Gasteiger partial charge in [-0.1, -0.05) is 0 Å². The van der Waals surface area contributed by atoms with E-state index in [1.165, 1.54) is 6.07 Å². The third-order valence-corrected chi connectivity index (χ3v) is 2.86. The molecule has 0 atom stereocenters. The van der Waals surface area contributed by atoms with E-state index in [9.17, 15) is 18.0 Å². The molecule has 16 heavy (non-hydrogen) atoms. The lowest BCUT2D eigenvalue weighted by molar-refractivity contribution is -0.137. The van der Waals surface area contributed by atoms with Crippen molar-refractivity contribution in [1.82, 2.24) is 0 Å². The molecule has 2 nitrogen and oxygen atoms in total. The summed E-state index contributed by atoms with van der Waals surface area (Å²) in [5, 5.41) is 7.59. The molecule has 0 saturated heterocycles. The van der Waals surface area contributed by atoms with E-state index < -0.39 is 28.1 Å². The summed E-state index contributed by atoms with van der Waals surface area (Å²) in [6, 6.07) is 3.21. The molecule has 0 amide bonds. The lowest BCUT2D eigenvalue weighted by Gasteiger charge is -2.11. The van der Waals surface area contributed by atoms with Crippen LogP contribution in [0.1, 0.15) is 21.5 Å². The molecule has 0 fully saturated rings. The molecule has 0 spiro atoms. The fourth-order valence-corrected chi connectivity index (χ4v) is 2.17. The molecule has 7 heteroatoms. The van der Waals surface area contributed by atoms with Crippen molar-refractivity contribution in [3.63, 3.8) is 0 Å². The van der Waals surface area contributed by atoms with Gasteiger partial charge in [-0.05, 0) is 46.3 Å². The average Bonchev–Trinajstić information content (AvgIpc) is 2.14. The maximum atomic E-state index is 12.5. The Kier molecular flexibility index (Phi) is 3.80. The zero-order valence-corrected chi connectivity index (χ0v) is 10.3. The quantitative estimate of drug-likeness (QED) is 0.568. The van der Waals surface area contributed by atoms with Gasteiger partial charge in [0.1, 0.15) is 6.07 Å². The fraction of sp³-hybridized carbons (Fsp3) is 0.111. The molecule has 84 valence electrons. The van der Waals surface area contributed by atoms with Gasteiger partial charge in [0.25, 0.3) is 5.24 Å². The first kappa shape index (κ1) is 13.3. The van der Waals surface area contributed by atoms with Gasteiger partial charge in [-0.3, -0.25) is 4.79 Å². The Labute approximate surface area is 107 Å². The number of rotatable bonds is 1. The number of nitrogens with zero attached hydrogens (tertiary/aromatic N) is 1. The highest BCUT2D eigenvalue weighted by atomic mass is 127. The highest BCUT2D eigenvalue weighted by Gasteiger charge is 2.35. The third-order valence-electron chi connectivity index (χ3n) is 1.77. The van der Waals surface area contributed by atoms with Crippen molar-refractivity contribution in [1.29, 1.82) is 5.26 Å². The second-order valence-corrected chi connectivity index (χ2v) is 4.23. The van der Waals surface area contributed by atoms with Crippen molar-refractivity contribution in [2.75, 3.05) is 0 Å². The summed E-state index contributed by atoms with van der Waals surface area (Å²) in [6.45, 7) is 0. The van der Waals surface area contributed by atoms with Crippen LogP contribution < -0.4 is 0 Å². The first-order chi connectivity index (χ1) is 7.29. The normalized spacial score (nSPS) is 11.0. The number of carbonyl (C=O) groups is 1. The molecule has 0 heterocycles. The van der Waals surface area contributed by atoms with Gasteiger partial charge >= 0.3 is 6.18 Å². The molecule has 1 rings (SSSR count). The maximum Gasteiger partial charge on any atom is 0.417 e. The molecule has 0 aliphatic rings. The van der Waals surface area contributed by atoms with Crippen LogP contribution in [0, 0.1) is 14.9 Å². The molecular formula is C9H2ClF3INO. The summed E-state index contributed by atoms with van der Waals surface area (Å²) in [7, 11) is 0. The number of nitriles is 1. The molecule has 1 aromatic carbocycles. The van der Waals surface area contributed by atoms with Crippen molar-refractivity contribution in [2.24, 2.45) is 0 Å². The first-order valence-corrected chi connectivity index (χ1v) is 5.24. The Morgan fingerprint density at radius 2 is 2.00 bits per heavy atom. The number of hydrogen-bond acceptors (Lipinski definition) is 2. The molecule has 0 unspecified atom stereocenters. The number of alkyl halides is 3. The Balaban J connectivity index is 3.64. The lowest BCUT2D eigenvalue weighted by Crippen LogP contribution is -2.12. The Bertz CT molecular complexity index is 493. The standard InChI is InChI=1S/C9H2ClF3INO/c10-8(16)7-4(3-15)5(9(11,12)13)1-2-6(7)14/h1-2H. The molecule has 1 aromatic rings. The second kappa shape index (κ2) is 4.59. The number of carbonyl (C=O) groups excluding carboxylic acids is 1. The van der Waals surface area contributed by atoms with Crippen molar-refractivity contribution in [2.45, 2.75) is 6.18 Å². The summed E-state index contributed by atoms with van der Waals surface area (Å²) in [6.07, 6.45) is -4.68. The fourth-order valence-electron chi connectivity index (χ4n) is 1.12. The highest BCUT2D eigenvalue weighted by molar-refractivity contribution is 14.1. The smallest absolute Gasteiger partial charge is 0.276 e. The van der Waals surface area contributed by atoms with E-state index >= 15 is 0 Å². The minimum Gasteiger partial charge on any atom is -0.276 e. The van der Waals surface area contributed by atoms with E-state index in [2.05, 4.69) is 0 Å². The molecule has 0 aromatic heterocycles. The van der Waals surface area contributed by atoms with Crippen LogP contribution in [0.4, 0.5) is 13.2 Å². The van der Waals surface area contributed by atoms with Crippen molar-refractivity contribution in [3.05, 3.63) is 32.4 Å². The molecule has 0 radical (unpaired) electrons. The summed E-state index contributed by atoms with van der Waals surface area (Å²) in [4.78, 5) is 11.0. The van der Waals surface area contributed by atoms with E-state index in [-0.39, 0.29) is 3.57 Å². The van der Waals surface area contributed by atoms with Gasteiger partial charge in [-0.2, -0.15) is 18.4 Å². The number of halogens is 5. The Hall–Kier alpha value is -0.810. The summed E-state index contributed by atoms with van der Waals surface area (Å²) >= 11 is 6.80. The van der Waals surface area contributed by atoms with Gasteiger partial charge in [0, 0.05) is 3.57 Å². The van der Waals surface area contributed by atoms with Gasteiger partial charge in [-0.25, -0.2) is 0 Å². The summed E-state index contributed by atoms with van der Waals surface area (Å²) in [5.41, 5.74) is -2.29. The van der Waals surface area contributed by atoms with Crippen LogP contribution in [0.25, 0.3) is 0 Å². The van der Waals surface area contributed by atoms with Crippen LogP contribution in [0.2, 0.25) is 0 Å². The van der Waals surface area contributed by atoms with Gasteiger partial charge in [0.15, 0.2) is 0 Å². The van der Waals surface area contributed by atoms with Crippen molar-refractivity contribution < 1.29 is 18.0 Å². The monoisotopic (exact) mass is 359 g/mol. The third kappa shape index (κ3) is 2.47. The Morgan fingerprint density at radius 3 is 2.38 bits per heavy atom. The predicted octanol–water partition coefficient (Wildman–Crippen LogP) is 3.56. The van der Waals surface area contributed by atoms with Crippen LogP contribution in [0.5, 0.6) is 0 Å². The van der Waals surface area contributed by atoms with E-state index in [0.717, 1.165) is 12.1 Å². The van der Waals surface area contributed by atoms with Crippen LogP contribution in [-0.2, 0) is 6.18 Å². The van der Waals surface area contributed by atoms with E-state index in [1.807, 2.05) is 0 Å². The van der Waals surface area contributed by atoms with E-state index in [0.29, 0.717) is 0 Å². The van der Waals surface area contributed by atoms with Crippen LogP contribution in [-0.4, -0.2) is 5.24 Å². The van der Waals surface area contributed by atoms with Crippen molar-refractivity contribution >= 4 is 39.4 Å². The lowest BCUT2D eigenvalue weighted by atomic mass is 10.0. The van der Waals surface area contributed by atoms with E-state index in [1.54, 1.807) is 22.6 Å². The largest absolute Gasteiger partial charge is 0.417 e. The highest BCUT2D eigenvalue weighted by Crippen LogP contribution is 2.35. The van der Waals surface area contributed by atoms with Crippen LogP contribution in [0.15, 0.2) is 12.1 Å². The SMILES string of the molecule is N#Cc1c(C(F)(F)F)ccc(I)c1C(=O)Cl. The topological polar surface area (TPSA) is 40.9 Å². The Morgan fingerprint density at radius 1 is 1.44 bits per heavy atom. The van der Waals surface area contributed by atoms with Crippen LogP contribution >= 0.6 is 34.2 Å². The number of hydrogen-bond donors (Lipinski definition) is 0. The molecular weight excluding hydrogens is 357 g/mol. The number of benzene rings is 1. The average molecular weight is 359 g/mol. The predicted molar refractivity (Wildman–Crippen MR) is 59.1 cm³/mol. The van der Waals surface area contributed by atoms with Gasteiger partial charge in [-0.15, -0.1) is 0 Å². The van der Waals surface area contributed by atoms with E-state index in [4.69, 9.17) is 16.9 Å². The zero-order chi connectivity index (χ0) is 12.5. The summed E-state index contributed by atoms with van der Waals surface area (Å²) in [5.74, 6) is 0. The molecule has 0 bridgehead atoms. The molecule has 0 aliphatic heterocycles.